The Kier molecular flexibility index (Phi) is 4.04. The predicted octanol–water partition coefficient (Wildman–Crippen LogP) is 4.92. The lowest BCUT2D eigenvalue weighted by Gasteiger charge is -2.24. The molecule has 82 valence electrons. The van der Waals surface area contributed by atoms with Gasteiger partial charge in [-0.25, -0.2) is 0 Å². The lowest BCUT2D eigenvalue weighted by atomic mass is 9.82. The minimum absolute atomic E-state index is 0.268. The molecule has 1 aromatic rings. The van der Waals surface area contributed by atoms with E-state index in [-0.39, 0.29) is 5.41 Å². The molecule has 0 aromatic heterocycles. The summed E-state index contributed by atoms with van der Waals surface area (Å²) in [4.78, 5) is 1.32. The van der Waals surface area contributed by atoms with Crippen LogP contribution in [0, 0.1) is 6.92 Å². The Balaban J connectivity index is 3.12. The van der Waals surface area contributed by atoms with E-state index in [9.17, 15) is 0 Å². The maximum absolute atomic E-state index is 3.77. The van der Waals surface area contributed by atoms with Crippen molar-refractivity contribution in [3.05, 3.63) is 41.3 Å². The molecule has 15 heavy (non-hydrogen) atoms. The molecule has 0 aliphatic carbocycles. The first-order valence-corrected chi connectivity index (χ1v) is 6.28. The second-order valence-electron chi connectivity index (χ2n) is 4.50. The predicted molar refractivity (Wildman–Crippen MR) is 70.6 cm³/mol. The molecule has 0 aliphatic rings. The van der Waals surface area contributed by atoms with Crippen LogP contribution in [0.25, 0.3) is 0 Å². The molecule has 0 unspecified atom stereocenters. The van der Waals surface area contributed by atoms with Gasteiger partial charge in [-0.3, -0.25) is 0 Å². The lowest BCUT2D eigenvalue weighted by Crippen LogP contribution is -2.15. The molecular formula is C14H20S. The smallest absolute Gasteiger partial charge is 0.0148 e. The van der Waals surface area contributed by atoms with Gasteiger partial charge in [0.1, 0.15) is 0 Å². The molecule has 0 bridgehead atoms. The molecule has 1 rings (SSSR count). The summed E-state index contributed by atoms with van der Waals surface area (Å²) in [5.41, 5.74) is 3.01. The van der Waals surface area contributed by atoms with Gasteiger partial charge in [0.2, 0.25) is 0 Å². The van der Waals surface area contributed by atoms with Gasteiger partial charge in [-0.05, 0) is 41.4 Å². The zero-order valence-corrected chi connectivity index (χ0v) is 10.9. The van der Waals surface area contributed by atoms with Crippen LogP contribution in [0.15, 0.2) is 35.1 Å². The summed E-state index contributed by atoms with van der Waals surface area (Å²) in [5.74, 6) is 0. The average molecular weight is 220 g/mol. The molecule has 0 heterocycles. The summed E-state index contributed by atoms with van der Waals surface area (Å²) >= 11 is 1.71. The maximum atomic E-state index is 3.77. The van der Waals surface area contributed by atoms with E-state index in [4.69, 9.17) is 0 Å². The van der Waals surface area contributed by atoms with Gasteiger partial charge < -0.3 is 0 Å². The summed E-state index contributed by atoms with van der Waals surface area (Å²) in [6, 6.07) is 6.75. The fourth-order valence-electron chi connectivity index (χ4n) is 1.44. The van der Waals surface area contributed by atoms with Gasteiger partial charge in [0.25, 0.3) is 0 Å². The van der Waals surface area contributed by atoms with Crippen molar-refractivity contribution in [2.75, 3.05) is 0 Å². The summed E-state index contributed by atoms with van der Waals surface area (Å²) < 4.78 is 0. The molecule has 0 amide bonds. The summed E-state index contributed by atoms with van der Waals surface area (Å²) in [5, 5.41) is 1.89. The summed E-state index contributed by atoms with van der Waals surface area (Å²) in [7, 11) is 0. The molecule has 0 atom stereocenters. The fourth-order valence-corrected chi connectivity index (χ4v) is 2.07. The molecule has 0 N–H and O–H groups in total. The van der Waals surface area contributed by atoms with E-state index in [0.29, 0.717) is 0 Å². The highest BCUT2D eigenvalue weighted by atomic mass is 32.2. The van der Waals surface area contributed by atoms with E-state index in [1.807, 2.05) is 5.41 Å². The number of thioether (sulfide) groups is 1. The second kappa shape index (κ2) is 4.89. The van der Waals surface area contributed by atoms with E-state index in [1.165, 1.54) is 16.0 Å². The van der Waals surface area contributed by atoms with Gasteiger partial charge in [0.15, 0.2) is 0 Å². The Bertz CT molecular complexity index is 350. The average Bonchev–Trinajstić information content (AvgIpc) is 2.21. The fraction of sp³-hybridized carbons (Fsp3) is 0.429. The molecule has 0 fully saturated rings. The zero-order chi connectivity index (χ0) is 11.5. The Hall–Kier alpha value is -0.690. The van der Waals surface area contributed by atoms with E-state index in [0.717, 1.165) is 6.42 Å². The van der Waals surface area contributed by atoms with Gasteiger partial charge in [0, 0.05) is 4.90 Å². The highest BCUT2D eigenvalue weighted by molar-refractivity contribution is 8.02. The van der Waals surface area contributed by atoms with Crippen LogP contribution in [0.5, 0.6) is 0 Å². The minimum atomic E-state index is 0.268. The topological polar surface area (TPSA) is 0 Å². The van der Waals surface area contributed by atoms with Crippen molar-refractivity contribution in [1.29, 1.82) is 0 Å². The highest BCUT2D eigenvalue weighted by Gasteiger charge is 2.18. The molecule has 0 spiro atoms. The van der Waals surface area contributed by atoms with E-state index in [2.05, 4.69) is 52.5 Å². The molecule has 0 saturated heterocycles. The first-order chi connectivity index (χ1) is 7.01. The van der Waals surface area contributed by atoms with Gasteiger partial charge in [-0.15, -0.1) is 0 Å². The van der Waals surface area contributed by atoms with Gasteiger partial charge >= 0.3 is 0 Å². The third kappa shape index (κ3) is 2.88. The van der Waals surface area contributed by atoms with E-state index in [1.54, 1.807) is 11.8 Å². The van der Waals surface area contributed by atoms with Crippen LogP contribution in [0.4, 0.5) is 0 Å². The van der Waals surface area contributed by atoms with Crippen molar-refractivity contribution in [3.63, 3.8) is 0 Å². The van der Waals surface area contributed by atoms with Crippen molar-refractivity contribution in [3.8, 4) is 0 Å². The van der Waals surface area contributed by atoms with Crippen molar-refractivity contribution in [2.24, 2.45) is 0 Å². The lowest BCUT2D eigenvalue weighted by molar-refractivity contribution is 0.505. The number of aryl methyl sites for hydroxylation is 1. The van der Waals surface area contributed by atoms with Crippen LogP contribution in [-0.4, -0.2) is 0 Å². The van der Waals surface area contributed by atoms with E-state index >= 15 is 0 Å². The van der Waals surface area contributed by atoms with Crippen LogP contribution in [0.3, 0.4) is 0 Å². The Morgan fingerprint density at radius 1 is 1.40 bits per heavy atom. The SMILES string of the molecule is C=CSc1cc(C(C)(C)CC)ccc1C. The van der Waals surface area contributed by atoms with Gasteiger partial charge in [0.05, 0.1) is 0 Å². The molecule has 0 aliphatic heterocycles. The van der Waals surface area contributed by atoms with Crippen molar-refractivity contribution in [2.45, 2.75) is 44.4 Å². The summed E-state index contributed by atoms with van der Waals surface area (Å²) in [6.45, 7) is 12.7. The third-order valence-corrected chi connectivity index (χ3v) is 3.92. The van der Waals surface area contributed by atoms with Crippen LogP contribution in [-0.2, 0) is 5.41 Å². The van der Waals surface area contributed by atoms with Crippen molar-refractivity contribution < 1.29 is 0 Å². The molecule has 0 saturated carbocycles. The van der Waals surface area contributed by atoms with Crippen LogP contribution >= 0.6 is 11.8 Å². The molecule has 1 heteroatoms. The Labute approximate surface area is 97.8 Å². The Morgan fingerprint density at radius 2 is 2.07 bits per heavy atom. The van der Waals surface area contributed by atoms with Crippen LogP contribution < -0.4 is 0 Å². The first-order valence-electron chi connectivity index (χ1n) is 5.40. The van der Waals surface area contributed by atoms with Crippen molar-refractivity contribution in [1.82, 2.24) is 0 Å². The minimum Gasteiger partial charge on any atom is -0.0984 e. The normalized spacial score (nSPS) is 11.5. The number of hydrogen-bond acceptors (Lipinski definition) is 1. The van der Waals surface area contributed by atoms with Gasteiger partial charge in [-0.2, -0.15) is 0 Å². The molecular weight excluding hydrogens is 200 g/mol. The molecule has 0 radical (unpaired) electrons. The maximum Gasteiger partial charge on any atom is 0.0148 e. The summed E-state index contributed by atoms with van der Waals surface area (Å²) in [6.07, 6.45) is 1.16. The van der Waals surface area contributed by atoms with E-state index < -0.39 is 0 Å². The number of hydrogen-bond donors (Lipinski definition) is 0. The first kappa shape index (κ1) is 12.4. The van der Waals surface area contributed by atoms with Crippen molar-refractivity contribution >= 4 is 11.8 Å². The van der Waals surface area contributed by atoms with Crippen LogP contribution in [0.2, 0.25) is 0 Å². The Morgan fingerprint density at radius 3 is 2.60 bits per heavy atom. The molecule has 0 nitrogen and oxygen atoms in total. The quantitative estimate of drug-likeness (QED) is 0.649. The second-order valence-corrected chi connectivity index (χ2v) is 5.51. The highest BCUT2D eigenvalue weighted by Crippen LogP contribution is 2.31. The van der Waals surface area contributed by atoms with Crippen LogP contribution in [0.1, 0.15) is 38.3 Å². The number of rotatable bonds is 4. The zero-order valence-electron chi connectivity index (χ0n) is 10.1. The molecule has 1 aromatic carbocycles. The number of benzene rings is 1. The van der Waals surface area contributed by atoms with Gasteiger partial charge in [-0.1, -0.05) is 51.2 Å². The largest absolute Gasteiger partial charge is 0.0984 e. The third-order valence-electron chi connectivity index (χ3n) is 3.06. The monoisotopic (exact) mass is 220 g/mol. The standard InChI is InChI=1S/C14H20S/c1-6-14(4,5)12-9-8-11(3)13(10-12)15-7-2/h7-10H,2,6H2,1,3-5H3.